The van der Waals surface area contributed by atoms with Gasteiger partial charge in [0.2, 0.25) is 16.0 Å². The Morgan fingerprint density at radius 2 is 1.97 bits per heavy atom. The van der Waals surface area contributed by atoms with E-state index in [1.165, 1.54) is 12.3 Å². The molecule has 4 N–H and O–H groups in total. The van der Waals surface area contributed by atoms with Crippen molar-refractivity contribution in [2.24, 2.45) is 10.7 Å². The molecule has 2 fully saturated rings. The number of rotatable bonds is 7. The average molecular weight is 530 g/mol. The van der Waals surface area contributed by atoms with Gasteiger partial charge in [0.05, 0.1) is 46.5 Å². The summed E-state index contributed by atoms with van der Waals surface area (Å²) in [5.74, 6) is 0.288. The fourth-order valence-corrected chi connectivity index (χ4v) is 6.63. The third-order valence-corrected chi connectivity index (χ3v) is 9.21. The molecule has 3 heterocycles. The number of hydrogen-bond donors (Lipinski definition) is 3. The summed E-state index contributed by atoms with van der Waals surface area (Å²) in [5, 5.41) is 0. The highest BCUT2D eigenvalue weighted by atomic mass is 32.2. The molecule has 0 bridgehead atoms. The van der Waals surface area contributed by atoms with Gasteiger partial charge in [0.1, 0.15) is 7.05 Å². The lowest BCUT2D eigenvalue weighted by Crippen LogP contribution is -2.64. The van der Waals surface area contributed by atoms with E-state index >= 15 is 0 Å². The lowest BCUT2D eigenvalue weighted by atomic mass is 10.0. The van der Waals surface area contributed by atoms with Crippen molar-refractivity contribution in [3.63, 3.8) is 0 Å². The summed E-state index contributed by atoms with van der Waals surface area (Å²) in [6.45, 7) is 7.91. The molecule has 0 radical (unpaired) electrons. The standard InChI is InChI=1S/C25H36N8O3S/c1-17-14-28-24-32(16-18(13-26)15-27-3)23(34)20-11-19(37(35,36)29-25(2)5-6-25)12-21(22(20)33(17)24)31-9-7-30(4)8-10-31/h11-13,15,17,29H,5-10,14,16,26H2,1-4H3/p+1/b18-13+,27-15?/t17-/m1/s1. The molecule has 5 rings (SSSR count). The fourth-order valence-electron chi connectivity index (χ4n) is 5.12. The number of benzene rings is 1. The highest BCUT2D eigenvalue weighted by Crippen LogP contribution is 2.43. The molecular formula is C25H37N8O3S+. The molecule has 0 aromatic heterocycles. The zero-order chi connectivity index (χ0) is 26.5. The average Bonchev–Trinajstić information content (AvgIpc) is 3.45. The zero-order valence-electron chi connectivity index (χ0n) is 22.0. The molecule has 200 valence electrons. The second kappa shape index (κ2) is 9.41. The molecular weight excluding hydrogens is 492 g/mol. The van der Waals surface area contributed by atoms with E-state index in [-0.39, 0.29) is 23.4 Å². The van der Waals surface area contributed by atoms with Gasteiger partial charge in [0, 0.05) is 37.9 Å². The summed E-state index contributed by atoms with van der Waals surface area (Å²) in [6, 6.07) is 3.29. The largest absolute Gasteiger partial charge is 0.404 e. The summed E-state index contributed by atoms with van der Waals surface area (Å²) in [7, 11) is 0.0178. The van der Waals surface area contributed by atoms with Crippen LogP contribution in [-0.2, 0) is 10.0 Å². The number of sulfonamides is 1. The Kier molecular flexibility index (Phi) is 6.53. The predicted octanol–water partition coefficient (Wildman–Crippen LogP) is -1.09. The van der Waals surface area contributed by atoms with E-state index in [0.29, 0.717) is 23.6 Å². The van der Waals surface area contributed by atoms with Gasteiger partial charge in [-0.25, -0.2) is 13.1 Å². The van der Waals surface area contributed by atoms with E-state index in [0.717, 1.165) is 50.4 Å². The van der Waals surface area contributed by atoms with Gasteiger partial charge in [0.25, 0.3) is 5.91 Å². The number of piperazine rings is 1. The molecule has 0 spiro atoms. The van der Waals surface area contributed by atoms with Gasteiger partial charge >= 0.3 is 0 Å². The topological polar surface area (TPSA) is 129 Å². The van der Waals surface area contributed by atoms with Crippen LogP contribution in [0.4, 0.5) is 11.4 Å². The quantitative estimate of drug-likeness (QED) is 0.383. The fraction of sp³-hybridized carbons (Fsp3) is 0.560. The number of anilines is 2. The van der Waals surface area contributed by atoms with E-state index in [1.807, 2.05) is 6.92 Å². The minimum absolute atomic E-state index is 0.0140. The Labute approximate surface area is 218 Å². The number of carbonyl (C=O) groups is 1. The Hall–Kier alpha value is -2.96. The second-order valence-corrected chi connectivity index (χ2v) is 12.4. The maximum atomic E-state index is 14.1. The molecule has 3 aliphatic heterocycles. The summed E-state index contributed by atoms with van der Waals surface area (Å²) in [4.78, 5) is 30.0. The Morgan fingerprint density at radius 3 is 2.59 bits per heavy atom. The van der Waals surface area contributed by atoms with E-state index in [1.54, 1.807) is 24.2 Å². The van der Waals surface area contributed by atoms with Crippen molar-refractivity contribution in [1.29, 1.82) is 0 Å². The van der Waals surface area contributed by atoms with Crippen molar-refractivity contribution in [2.75, 3.05) is 63.2 Å². The number of likely N-dealkylation sites (N-methyl/N-ethyl adjacent to an activating group) is 1. The first-order valence-corrected chi connectivity index (χ1v) is 14.3. The van der Waals surface area contributed by atoms with Crippen molar-refractivity contribution < 1.29 is 18.2 Å². The number of aliphatic imine (C=N–C) groups is 1. The smallest absolute Gasteiger partial charge is 0.263 e. The van der Waals surface area contributed by atoms with Crippen LogP contribution < -0.4 is 25.2 Å². The number of fused-ring (bicyclic) bond motifs is 3. The second-order valence-electron chi connectivity index (χ2n) is 10.7. The predicted molar refractivity (Wildman–Crippen MR) is 145 cm³/mol. The molecule has 1 aromatic rings. The number of hydrogen-bond acceptors (Lipinski definition) is 8. The lowest BCUT2D eigenvalue weighted by Gasteiger charge is -2.42. The van der Waals surface area contributed by atoms with Gasteiger partial charge < -0.3 is 20.4 Å². The molecule has 1 amide bonds. The van der Waals surface area contributed by atoms with E-state index in [2.05, 4.69) is 38.4 Å². The minimum atomic E-state index is -3.83. The Morgan fingerprint density at radius 1 is 1.27 bits per heavy atom. The van der Waals surface area contributed by atoms with Crippen LogP contribution in [0.2, 0.25) is 0 Å². The maximum absolute atomic E-state index is 14.1. The normalized spacial score (nSPS) is 23.9. The first kappa shape index (κ1) is 25.7. The van der Waals surface area contributed by atoms with Gasteiger partial charge in [-0.3, -0.25) is 19.7 Å². The summed E-state index contributed by atoms with van der Waals surface area (Å²) in [6.07, 6.45) is 4.80. The molecule has 11 nitrogen and oxygen atoms in total. The molecule has 1 atom stereocenters. The van der Waals surface area contributed by atoms with Crippen molar-refractivity contribution in [2.45, 2.75) is 43.2 Å². The van der Waals surface area contributed by atoms with E-state index in [9.17, 15) is 13.2 Å². The van der Waals surface area contributed by atoms with Gasteiger partial charge in [-0.05, 0) is 45.9 Å². The summed E-state index contributed by atoms with van der Waals surface area (Å²) >= 11 is 0. The van der Waals surface area contributed by atoms with Crippen molar-refractivity contribution in [1.82, 2.24) is 14.5 Å². The zero-order valence-corrected chi connectivity index (χ0v) is 22.8. The molecule has 4 aliphatic rings. The Bertz CT molecular complexity index is 1290. The molecule has 1 aromatic carbocycles. The highest BCUT2D eigenvalue weighted by molar-refractivity contribution is 7.89. The highest BCUT2D eigenvalue weighted by Gasteiger charge is 2.45. The Balaban J connectivity index is 1.66. The number of nitrogens with one attached hydrogen (secondary N) is 2. The van der Waals surface area contributed by atoms with Crippen LogP contribution in [0, 0.1) is 0 Å². The van der Waals surface area contributed by atoms with Crippen LogP contribution in [0.5, 0.6) is 0 Å². The van der Waals surface area contributed by atoms with E-state index < -0.39 is 15.6 Å². The van der Waals surface area contributed by atoms with Gasteiger partial charge in [-0.2, -0.15) is 0 Å². The first-order valence-electron chi connectivity index (χ1n) is 12.8. The van der Waals surface area contributed by atoms with Crippen LogP contribution in [0.1, 0.15) is 37.0 Å². The van der Waals surface area contributed by atoms with Gasteiger partial charge in [-0.15, -0.1) is 0 Å². The van der Waals surface area contributed by atoms with Crippen LogP contribution in [0.25, 0.3) is 0 Å². The number of guanidine groups is 1. The van der Waals surface area contributed by atoms with Crippen LogP contribution in [0.15, 0.2) is 33.8 Å². The molecule has 0 unspecified atom stereocenters. The van der Waals surface area contributed by atoms with Crippen LogP contribution >= 0.6 is 0 Å². The third kappa shape index (κ3) is 4.73. The minimum Gasteiger partial charge on any atom is -0.404 e. The van der Waals surface area contributed by atoms with Gasteiger partial charge in [0.15, 0.2) is 6.21 Å². The SMILES string of the molecule is C[NH+]=C/C(=C\N)CN1C(=O)c2cc(S(=O)(=O)NC3(C)CC3)cc(N3CCN(C)CC3)c2N2C1=NC[C@H]2C. The molecule has 1 aliphatic carbocycles. The molecule has 1 saturated carbocycles. The van der Waals surface area contributed by atoms with Crippen molar-refractivity contribution in [3.8, 4) is 0 Å². The number of amides is 1. The third-order valence-electron chi connectivity index (χ3n) is 7.59. The molecule has 37 heavy (non-hydrogen) atoms. The lowest BCUT2D eigenvalue weighted by molar-refractivity contribution is -0.413. The summed E-state index contributed by atoms with van der Waals surface area (Å²) < 4.78 is 29.9. The first-order chi connectivity index (χ1) is 17.6. The molecule has 12 heteroatoms. The van der Waals surface area contributed by atoms with Crippen molar-refractivity contribution in [3.05, 3.63) is 29.5 Å². The van der Waals surface area contributed by atoms with Crippen LogP contribution in [0.3, 0.4) is 0 Å². The maximum Gasteiger partial charge on any atom is 0.263 e. The number of carbonyl (C=O) groups excluding carboxylic acids is 1. The van der Waals surface area contributed by atoms with E-state index in [4.69, 9.17) is 10.7 Å². The number of nitrogens with two attached hydrogens (primary N) is 1. The molecule has 1 saturated heterocycles. The van der Waals surface area contributed by atoms with Gasteiger partial charge in [-0.1, -0.05) is 0 Å². The monoisotopic (exact) mass is 529 g/mol. The van der Waals surface area contributed by atoms with Crippen LogP contribution in [-0.4, -0.2) is 101 Å². The summed E-state index contributed by atoms with van der Waals surface area (Å²) in [5.41, 5.74) is 7.99. The number of nitrogens with zero attached hydrogens (tertiary/aromatic N) is 5. The van der Waals surface area contributed by atoms with Crippen molar-refractivity contribution >= 4 is 39.5 Å².